The molecule has 1 saturated carbocycles. The number of amides is 1. The van der Waals surface area contributed by atoms with Crippen molar-refractivity contribution < 1.29 is 4.79 Å². The smallest absolute Gasteiger partial charge is 0.227 e. The second-order valence-corrected chi connectivity index (χ2v) is 5.85. The molecule has 2 rings (SSSR count). The SMILES string of the molecule is CCCN(CC1CC1)C(=O)C(CN)Cc1ccccc1. The van der Waals surface area contributed by atoms with Crippen LogP contribution in [0.3, 0.4) is 0 Å². The van der Waals surface area contributed by atoms with E-state index < -0.39 is 0 Å². The molecule has 0 aliphatic heterocycles. The molecule has 0 spiro atoms. The summed E-state index contributed by atoms with van der Waals surface area (Å²) < 4.78 is 0. The number of benzene rings is 1. The van der Waals surface area contributed by atoms with E-state index in [1.807, 2.05) is 23.1 Å². The van der Waals surface area contributed by atoms with Gasteiger partial charge in [-0.2, -0.15) is 0 Å². The summed E-state index contributed by atoms with van der Waals surface area (Å²) in [7, 11) is 0. The fourth-order valence-corrected chi connectivity index (χ4v) is 2.60. The molecule has 0 heterocycles. The number of carbonyl (C=O) groups excluding carboxylic acids is 1. The third-order valence-corrected chi connectivity index (χ3v) is 3.94. The highest BCUT2D eigenvalue weighted by Crippen LogP contribution is 2.30. The average Bonchev–Trinajstić information content (AvgIpc) is 3.29. The molecule has 1 aliphatic carbocycles. The predicted octanol–water partition coefficient (Wildman–Crippen LogP) is 2.45. The van der Waals surface area contributed by atoms with E-state index in [0.29, 0.717) is 6.54 Å². The van der Waals surface area contributed by atoms with E-state index in [9.17, 15) is 4.79 Å². The molecule has 0 bridgehead atoms. The zero-order valence-corrected chi connectivity index (χ0v) is 12.4. The Balaban J connectivity index is 1.98. The quantitative estimate of drug-likeness (QED) is 0.791. The van der Waals surface area contributed by atoms with Crippen LogP contribution >= 0.6 is 0 Å². The molecule has 1 aliphatic rings. The first-order chi connectivity index (χ1) is 9.74. The number of rotatable bonds is 8. The van der Waals surface area contributed by atoms with Gasteiger partial charge in [-0.3, -0.25) is 4.79 Å². The van der Waals surface area contributed by atoms with Crippen LogP contribution in [-0.4, -0.2) is 30.4 Å². The van der Waals surface area contributed by atoms with Gasteiger partial charge in [-0.05, 0) is 37.2 Å². The maximum absolute atomic E-state index is 12.7. The minimum absolute atomic E-state index is 0.0808. The maximum Gasteiger partial charge on any atom is 0.227 e. The van der Waals surface area contributed by atoms with Crippen LogP contribution in [0.2, 0.25) is 0 Å². The van der Waals surface area contributed by atoms with Gasteiger partial charge in [0.1, 0.15) is 0 Å². The van der Waals surface area contributed by atoms with Crippen LogP contribution in [0.25, 0.3) is 0 Å². The Morgan fingerprint density at radius 3 is 2.60 bits per heavy atom. The molecule has 2 N–H and O–H groups in total. The van der Waals surface area contributed by atoms with E-state index >= 15 is 0 Å². The van der Waals surface area contributed by atoms with Gasteiger partial charge in [-0.15, -0.1) is 0 Å². The van der Waals surface area contributed by atoms with Gasteiger partial charge in [0.15, 0.2) is 0 Å². The molecule has 3 nitrogen and oxygen atoms in total. The van der Waals surface area contributed by atoms with Crippen molar-refractivity contribution in [2.75, 3.05) is 19.6 Å². The molecule has 1 amide bonds. The zero-order chi connectivity index (χ0) is 14.4. The lowest BCUT2D eigenvalue weighted by Gasteiger charge is -2.26. The number of hydrogen-bond acceptors (Lipinski definition) is 2. The largest absolute Gasteiger partial charge is 0.342 e. The lowest BCUT2D eigenvalue weighted by molar-refractivity contribution is -0.135. The highest BCUT2D eigenvalue weighted by molar-refractivity contribution is 5.79. The summed E-state index contributed by atoms with van der Waals surface area (Å²) in [4.78, 5) is 14.7. The Kier molecular flexibility index (Phi) is 5.60. The Morgan fingerprint density at radius 1 is 1.35 bits per heavy atom. The van der Waals surface area contributed by atoms with E-state index in [1.54, 1.807) is 0 Å². The third kappa shape index (κ3) is 4.34. The van der Waals surface area contributed by atoms with E-state index in [2.05, 4.69) is 19.1 Å². The number of hydrogen-bond donors (Lipinski definition) is 1. The van der Waals surface area contributed by atoms with E-state index in [1.165, 1.54) is 18.4 Å². The molecule has 20 heavy (non-hydrogen) atoms. The Hall–Kier alpha value is -1.35. The van der Waals surface area contributed by atoms with Gasteiger partial charge in [-0.25, -0.2) is 0 Å². The van der Waals surface area contributed by atoms with Crippen LogP contribution in [0, 0.1) is 11.8 Å². The fraction of sp³-hybridized carbons (Fsp3) is 0.588. The van der Waals surface area contributed by atoms with Gasteiger partial charge in [0.05, 0.1) is 5.92 Å². The molecule has 110 valence electrons. The van der Waals surface area contributed by atoms with Crippen molar-refractivity contribution in [2.45, 2.75) is 32.6 Å². The van der Waals surface area contributed by atoms with Gasteiger partial charge in [-0.1, -0.05) is 37.3 Å². The van der Waals surface area contributed by atoms with Gasteiger partial charge >= 0.3 is 0 Å². The van der Waals surface area contributed by atoms with Gasteiger partial charge in [0.2, 0.25) is 5.91 Å². The van der Waals surface area contributed by atoms with Crippen molar-refractivity contribution in [1.82, 2.24) is 4.90 Å². The molecule has 1 atom stereocenters. The van der Waals surface area contributed by atoms with Gasteiger partial charge < -0.3 is 10.6 Å². The summed E-state index contributed by atoms with van der Waals surface area (Å²) in [5.74, 6) is 0.897. The highest BCUT2D eigenvalue weighted by atomic mass is 16.2. The molecule has 3 heteroatoms. The van der Waals surface area contributed by atoms with Crippen molar-refractivity contribution in [3.8, 4) is 0 Å². The summed E-state index contributed by atoms with van der Waals surface area (Å²) in [6, 6.07) is 10.2. The minimum Gasteiger partial charge on any atom is -0.342 e. The van der Waals surface area contributed by atoms with E-state index in [4.69, 9.17) is 5.73 Å². The van der Waals surface area contributed by atoms with Crippen LogP contribution in [0.4, 0.5) is 0 Å². The standard InChI is InChI=1S/C17H26N2O/c1-2-10-19(13-15-8-9-15)17(20)16(12-18)11-14-6-4-3-5-7-14/h3-7,15-16H,2,8-13,18H2,1H3. The second kappa shape index (κ2) is 7.44. The zero-order valence-electron chi connectivity index (χ0n) is 12.4. The number of nitrogens with two attached hydrogens (primary N) is 1. The van der Waals surface area contributed by atoms with Crippen molar-refractivity contribution in [2.24, 2.45) is 17.6 Å². The summed E-state index contributed by atoms with van der Waals surface area (Å²) >= 11 is 0. The first-order valence-corrected chi connectivity index (χ1v) is 7.77. The van der Waals surface area contributed by atoms with Crippen LogP contribution in [0.15, 0.2) is 30.3 Å². The first kappa shape index (κ1) is 15.0. The Labute approximate surface area is 122 Å². The fourth-order valence-electron chi connectivity index (χ4n) is 2.60. The molecule has 1 fully saturated rings. The molecule has 0 radical (unpaired) electrons. The third-order valence-electron chi connectivity index (χ3n) is 3.94. The van der Waals surface area contributed by atoms with Gasteiger partial charge in [0.25, 0.3) is 0 Å². The lowest BCUT2D eigenvalue weighted by atomic mass is 9.97. The lowest BCUT2D eigenvalue weighted by Crippen LogP contribution is -2.41. The highest BCUT2D eigenvalue weighted by Gasteiger charge is 2.29. The molecule has 1 unspecified atom stereocenters. The van der Waals surface area contributed by atoms with Crippen LogP contribution < -0.4 is 5.73 Å². The number of carbonyl (C=O) groups is 1. The normalized spacial score (nSPS) is 15.9. The second-order valence-electron chi connectivity index (χ2n) is 5.85. The van der Waals surface area contributed by atoms with E-state index in [-0.39, 0.29) is 11.8 Å². The monoisotopic (exact) mass is 274 g/mol. The summed E-state index contributed by atoms with van der Waals surface area (Å²) in [6.45, 7) is 4.35. The van der Waals surface area contributed by atoms with Crippen LogP contribution in [0.5, 0.6) is 0 Å². The molecule has 1 aromatic carbocycles. The Bertz CT molecular complexity index is 414. The molecule has 0 saturated heterocycles. The first-order valence-electron chi connectivity index (χ1n) is 7.77. The maximum atomic E-state index is 12.7. The summed E-state index contributed by atoms with van der Waals surface area (Å²) in [6.07, 6.45) is 4.32. The van der Waals surface area contributed by atoms with Crippen LogP contribution in [-0.2, 0) is 11.2 Å². The number of nitrogens with zero attached hydrogens (tertiary/aromatic N) is 1. The molecule has 1 aromatic rings. The van der Waals surface area contributed by atoms with E-state index in [0.717, 1.165) is 31.8 Å². The van der Waals surface area contributed by atoms with Crippen molar-refractivity contribution >= 4 is 5.91 Å². The topological polar surface area (TPSA) is 46.3 Å². The van der Waals surface area contributed by atoms with Gasteiger partial charge in [0, 0.05) is 19.6 Å². The molecule has 0 aromatic heterocycles. The average molecular weight is 274 g/mol. The van der Waals surface area contributed by atoms with Crippen molar-refractivity contribution in [3.05, 3.63) is 35.9 Å². The summed E-state index contributed by atoms with van der Waals surface area (Å²) in [5, 5.41) is 0. The van der Waals surface area contributed by atoms with Crippen LogP contribution in [0.1, 0.15) is 31.7 Å². The Morgan fingerprint density at radius 2 is 2.05 bits per heavy atom. The van der Waals surface area contributed by atoms with Crippen molar-refractivity contribution in [1.29, 1.82) is 0 Å². The predicted molar refractivity (Wildman–Crippen MR) is 82.3 cm³/mol. The van der Waals surface area contributed by atoms with Crippen molar-refractivity contribution in [3.63, 3.8) is 0 Å². The summed E-state index contributed by atoms with van der Waals surface area (Å²) in [5.41, 5.74) is 7.05. The molecular weight excluding hydrogens is 248 g/mol. The molecular formula is C17H26N2O. The minimum atomic E-state index is -0.0808.